The van der Waals surface area contributed by atoms with Crippen molar-refractivity contribution in [3.05, 3.63) is 59.2 Å². The van der Waals surface area contributed by atoms with Crippen molar-refractivity contribution in [2.24, 2.45) is 0 Å². The summed E-state index contributed by atoms with van der Waals surface area (Å²) in [6, 6.07) is 7.92. The van der Waals surface area contributed by atoms with Gasteiger partial charge in [0, 0.05) is 24.5 Å². The topological polar surface area (TPSA) is 115 Å². The number of carbonyl (C=O) groups excluding carboxylic acids is 1. The van der Waals surface area contributed by atoms with Crippen LogP contribution in [0.2, 0.25) is 0 Å². The summed E-state index contributed by atoms with van der Waals surface area (Å²) >= 11 is 0. The van der Waals surface area contributed by atoms with Crippen LogP contribution < -0.4 is 11.1 Å². The van der Waals surface area contributed by atoms with Gasteiger partial charge in [0.25, 0.3) is 5.91 Å². The lowest BCUT2D eigenvalue weighted by Gasteiger charge is -2.06. The van der Waals surface area contributed by atoms with Gasteiger partial charge < -0.3 is 16.0 Å². The van der Waals surface area contributed by atoms with Gasteiger partial charge in [0.2, 0.25) is 0 Å². The molecule has 1 amide bonds. The Morgan fingerprint density at radius 3 is 2.50 bits per heavy atom. The summed E-state index contributed by atoms with van der Waals surface area (Å²) in [5.41, 5.74) is 9.57. The largest absolute Gasteiger partial charge is 0.369 e. The van der Waals surface area contributed by atoms with Gasteiger partial charge in [0.15, 0.2) is 5.95 Å². The van der Waals surface area contributed by atoms with Crippen LogP contribution in [0.25, 0.3) is 0 Å². The highest BCUT2D eigenvalue weighted by atomic mass is 16.1. The number of amides is 1. The van der Waals surface area contributed by atoms with Gasteiger partial charge in [-0.1, -0.05) is 43.5 Å². The van der Waals surface area contributed by atoms with Crippen LogP contribution in [0.4, 0.5) is 5.95 Å². The molecule has 1 aromatic carbocycles. The molecule has 0 spiro atoms. The van der Waals surface area contributed by atoms with E-state index in [1.807, 2.05) is 24.5 Å². The fraction of sp³-hybridized carbons (Fsp3) is 0.500. The molecule has 8 nitrogen and oxygen atoms in total. The molecule has 2 heterocycles. The van der Waals surface area contributed by atoms with E-state index in [4.69, 9.17) is 5.73 Å². The number of aromatic nitrogens is 5. The lowest BCUT2D eigenvalue weighted by atomic mass is 10.1. The monoisotopic (exact) mass is 437 g/mol. The number of nitrogen functional groups attached to an aromatic ring is 1. The fourth-order valence-electron chi connectivity index (χ4n) is 3.64. The van der Waals surface area contributed by atoms with Crippen LogP contribution in [-0.4, -0.2) is 37.4 Å². The Bertz CT molecular complexity index is 945. The number of hydrogen-bond acceptors (Lipinski definition) is 5. The zero-order valence-electron chi connectivity index (χ0n) is 19.0. The van der Waals surface area contributed by atoms with E-state index in [-0.39, 0.29) is 5.91 Å². The Balaban J connectivity index is 1.30. The molecule has 0 atom stereocenters. The Morgan fingerprint density at radius 2 is 1.78 bits per heavy atom. The summed E-state index contributed by atoms with van der Waals surface area (Å²) < 4.78 is 1.79. The first-order valence-electron chi connectivity index (χ1n) is 11.7. The molecule has 3 rings (SSSR count). The maximum Gasteiger partial charge on any atom is 0.251 e. The van der Waals surface area contributed by atoms with Crippen LogP contribution >= 0.6 is 0 Å². The molecule has 0 aliphatic carbocycles. The number of aromatic amines is 1. The Morgan fingerprint density at radius 1 is 1.03 bits per heavy atom. The summed E-state index contributed by atoms with van der Waals surface area (Å²) in [6.07, 6.45) is 13.6. The molecule has 0 unspecified atom stereocenters. The predicted molar refractivity (Wildman–Crippen MR) is 126 cm³/mol. The number of nitrogens with one attached hydrogen (secondary N) is 2. The minimum Gasteiger partial charge on any atom is -0.369 e. The van der Waals surface area contributed by atoms with Gasteiger partial charge in [-0.3, -0.25) is 9.48 Å². The number of unbranched alkanes of at least 4 members (excludes halogenated alkanes) is 4. The van der Waals surface area contributed by atoms with E-state index in [0.717, 1.165) is 49.9 Å². The summed E-state index contributed by atoms with van der Waals surface area (Å²) in [4.78, 5) is 19.5. The maximum atomic E-state index is 12.3. The van der Waals surface area contributed by atoms with E-state index in [9.17, 15) is 4.79 Å². The van der Waals surface area contributed by atoms with E-state index in [0.29, 0.717) is 24.6 Å². The smallest absolute Gasteiger partial charge is 0.251 e. The molecule has 3 aromatic rings. The van der Waals surface area contributed by atoms with Gasteiger partial charge in [-0.05, 0) is 56.2 Å². The molecular formula is C24H35N7O. The van der Waals surface area contributed by atoms with Crippen LogP contribution in [0.1, 0.15) is 72.8 Å². The number of nitrogens with zero attached hydrogens (tertiary/aromatic N) is 4. The summed E-state index contributed by atoms with van der Waals surface area (Å²) in [5, 5.41) is 11.4. The number of hydrogen-bond donors (Lipinski definition) is 3. The molecule has 0 fully saturated rings. The van der Waals surface area contributed by atoms with Gasteiger partial charge >= 0.3 is 0 Å². The van der Waals surface area contributed by atoms with E-state index in [1.54, 1.807) is 4.68 Å². The molecular weight excluding hydrogens is 402 g/mol. The zero-order valence-corrected chi connectivity index (χ0v) is 19.0. The molecule has 8 heteroatoms. The highest BCUT2D eigenvalue weighted by Gasteiger charge is 2.06. The third-order valence-corrected chi connectivity index (χ3v) is 5.51. The maximum absolute atomic E-state index is 12.3. The van der Waals surface area contributed by atoms with Crippen molar-refractivity contribution in [3.8, 4) is 0 Å². The number of H-pyrrole nitrogens is 1. The molecule has 0 saturated carbocycles. The lowest BCUT2D eigenvalue weighted by Crippen LogP contribution is -2.27. The number of carbonyl (C=O) groups is 1. The van der Waals surface area contributed by atoms with Crippen LogP contribution in [-0.2, 0) is 25.8 Å². The van der Waals surface area contributed by atoms with Crippen molar-refractivity contribution in [2.45, 2.75) is 71.3 Å². The normalized spacial score (nSPS) is 11.0. The van der Waals surface area contributed by atoms with Crippen molar-refractivity contribution < 1.29 is 4.79 Å². The van der Waals surface area contributed by atoms with Gasteiger partial charge in [-0.15, -0.1) is 5.10 Å². The van der Waals surface area contributed by atoms with E-state index in [1.165, 1.54) is 24.8 Å². The molecule has 0 saturated heterocycles. The molecule has 4 N–H and O–H groups in total. The number of aryl methyl sites for hydroxylation is 3. The first-order valence-corrected chi connectivity index (χ1v) is 11.7. The minimum absolute atomic E-state index is 0.0517. The van der Waals surface area contributed by atoms with E-state index in [2.05, 4.69) is 44.7 Å². The number of rotatable bonds is 14. The molecule has 32 heavy (non-hydrogen) atoms. The highest BCUT2D eigenvalue weighted by molar-refractivity contribution is 5.94. The quantitative estimate of drug-likeness (QED) is 0.333. The van der Waals surface area contributed by atoms with Crippen LogP contribution in [0.3, 0.4) is 0 Å². The second-order valence-corrected chi connectivity index (χ2v) is 8.22. The summed E-state index contributed by atoms with van der Waals surface area (Å²) in [5.74, 6) is 0.424. The van der Waals surface area contributed by atoms with E-state index >= 15 is 0 Å². The molecule has 172 valence electrons. The Labute approximate surface area is 190 Å². The standard InChI is InChI=1S/C24H35N7O/c1-2-3-5-8-19-11-13-20(14-12-19)23(32)26-15-16-31-18-22(29-30-31)10-7-4-6-9-21-17-27-24(25)28-21/h11-14,17-18H,2-10,15-16H2,1H3,(H,26,32)(H3,25,27,28). The number of imidazole rings is 1. The lowest BCUT2D eigenvalue weighted by molar-refractivity contribution is 0.0952. The number of nitrogens with two attached hydrogens (primary N) is 1. The summed E-state index contributed by atoms with van der Waals surface area (Å²) in [6.45, 7) is 3.33. The average Bonchev–Trinajstić information content (AvgIpc) is 3.43. The Kier molecular flexibility index (Phi) is 9.28. The fourth-order valence-corrected chi connectivity index (χ4v) is 3.64. The minimum atomic E-state index is -0.0517. The Hall–Kier alpha value is -3.16. The SMILES string of the molecule is CCCCCc1ccc(C(=O)NCCn2cc(CCCCCc3c[nH]c(N)n3)nn2)cc1. The van der Waals surface area contributed by atoms with E-state index < -0.39 is 0 Å². The van der Waals surface area contributed by atoms with Crippen LogP contribution in [0.15, 0.2) is 36.7 Å². The third kappa shape index (κ3) is 7.83. The van der Waals surface area contributed by atoms with Gasteiger partial charge in [-0.2, -0.15) is 0 Å². The van der Waals surface area contributed by atoms with Crippen molar-refractivity contribution >= 4 is 11.9 Å². The van der Waals surface area contributed by atoms with Crippen molar-refractivity contribution in [1.82, 2.24) is 30.3 Å². The zero-order chi connectivity index (χ0) is 22.6. The average molecular weight is 438 g/mol. The number of benzene rings is 1. The molecule has 0 aliphatic heterocycles. The van der Waals surface area contributed by atoms with Crippen LogP contribution in [0.5, 0.6) is 0 Å². The molecule has 2 aromatic heterocycles. The highest BCUT2D eigenvalue weighted by Crippen LogP contribution is 2.10. The third-order valence-electron chi connectivity index (χ3n) is 5.51. The molecule has 0 bridgehead atoms. The second kappa shape index (κ2) is 12.6. The second-order valence-electron chi connectivity index (χ2n) is 8.22. The van der Waals surface area contributed by atoms with Crippen molar-refractivity contribution in [3.63, 3.8) is 0 Å². The molecule has 0 radical (unpaired) electrons. The van der Waals surface area contributed by atoms with Crippen molar-refractivity contribution in [2.75, 3.05) is 12.3 Å². The predicted octanol–water partition coefficient (Wildman–Crippen LogP) is 3.70. The molecule has 0 aliphatic rings. The summed E-state index contributed by atoms with van der Waals surface area (Å²) in [7, 11) is 0. The van der Waals surface area contributed by atoms with Crippen LogP contribution in [0, 0.1) is 0 Å². The van der Waals surface area contributed by atoms with Gasteiger partial charge in [0.1, 0.15) is 0 Å². The van der Waals surface area contributed by atoms with Gasteiger partial charge in [-0.25, -0.2) is 4.98 Å². The first kappa shape index (κ1) is 23.5. The van der Waals surface area contributed by atoms with Crippen molar-refractivity contribution in [1.29, 1.82) is 0 Å². The number of anilines is 1. The van der Waals surface area contributed by atoms with Gasteiger partial charge in [0.05, 0.1) is 17.9 Å². The first-order chi connectivity index (χ1) is 15.6.